The normalized spacial score (nSPS) is 12.1. The van der Waals surface area contributed by atoms with Crippen LogP contribution < -0.4 is 5.32 Å². The standard InChI is InChI=1S/C17H21NO2S/c1-12-6-7-15(9-13(12)2)14(3)18-17(19)11-21-10-16-5-4-8-20-16/h4-9,14H,10-11H2,1-3H3,(H,18,19). The third kappa shape index (κ3) is 4.67. The molecule has 1 unspecified atom stereocenters. The van der Waals surface area contributed by atoms with Gasteiger partial charge in [-0.3, -0.25) is 4.79 Å². The van der Waals surface area contributed by atoms with Crippen LogP contribution in [0.3, 0.4) is 0 Å². The summed E-state index contributed by atoms with van der Waals surface area (Å²) in [4.78, 5) is 11.9. The highest BCUT2D eigenvalue weighted by Gasteiger charge is 2.10. The van der Waals surface area contributed by atoms with Gasteiger partial charge < -0.3 is 9.73 Å². The van der Waals surface area contributed by atoms with Crippen LogP contribution in [0.15, 0.2) is 41.0 Å². The Morgan fingerprint density at radius 3 is 2.76 bits per heavy atom. The van der Waals surface area contributed by atoms with Gasteiger partial charge in [0.25, 0.3) is 0 Å². The van der Waals surface area contributed by atoms with E-state index in [1.165, 1.54) is 11.1 Å². The zero-order chi connectivity index (χ0) is 15.2. The molecule has 2 aromatic rings. The second-order valence-electron chi connectivity index (χ2n) is 5.21. The van der Waals surface area contributed by atoms with Gasteiger partial charge >= 0.3 is 0 Å². The van der Waals surface area contributed by atoms with Crippen molar-refractivity contribution in [2.45, 2.75) is 32.6 Å². The van der Waals surface area contributed by atoms with Gasteiger partial charge in [-0.1, -0.05) is 18.2 Å². The molecule has 4 heteroatoms. The van der Waals surface area contributed by atoms with Crippen molar-refractivity contribution >= 4 is 17.7 Å². The Morgan fingerprint density at radius 1 is 1.29 bits per heavy atom. The molecule has 1 aromatic carbocycles. The minimum absolute atomic E-state index is 0.0287. The molecule has 0 bridgehead atoms. The van der Waals surface area contributed by atoms with Crippen molar-refractivity contribution in [1.29, 1.82) is 0 Å². The van der Waals surface area contributed by atoms with Crippen molar-refractivity contribution in [3.8, 4) is 0 Å². The molecule has 1 heterocycles. The minimum atomic E-state index is 0.0287. The maximum Gasteiger partial charge on any atom is 0.230 e. The lowest BCUT2D eigenvalue weighted by molar-refractivity contribution is -0.119. The van der Waals surface area contributed by atoms with Gasteiger partial charge in [0.1, 0.15) is 5.76 Å². The maximum absolute atomic E-state index is 11.9. The minimum Gasteiger partial charge on any atom is -0.468 e. The summed E-state index contributed by atoms with van der Waals surface area (Å²) in [5.41, 5.74) is 3.66. The quantitative estimate of drug-likeness (QED) is 0.877. The molecular formula is C17H21NO2S. The number of furan rings is 1. The Labute approximate surface area is 130 Å². The Kier molecular flexibility index (Phi) is 5.51. The smallest absolute Gasteiger partial charge is 0.230 e. The Bertz CT molecular complexity index is 593. The van der Waals surface area contributed by atoms with Crippen LogP contribution in [-0.4, -0.2) is 11.7 Å². The lowest BCUT2D eigenvalue weighted by atomic mass is 10.0. The van der Waals surface area contributed by atoms with E-state index < -0.39 is 0 Å². The molecule has 1 amide bonds. The number of carbonyl (C=O) groups excluding carboxylic acids is 1. The van der Waals surface area contributed by atoms with Crippen molar-refractivity contribution in [2.24, 2.45) is 0 Å². The van der Waals surface area contributed by atoms with Gasteiger partial charge in [-0.15, -0.1) is 11.8 Å². The highest BCUT2D eigenvalue weighted by molar-refractivity contribution is 7.99. The predicted octanol–water partition coefficient (Wildman–Crippen LogP) is 4.01. The molecule has 0 radical (unpaired) electrons. The number of hydrogen-bond donors (Lipinski definition) is 1. The molecule has 0 aliphatic rings. The third-order valence-electron chi connectivity index (χ3n) is 3.47. The van der Waals surface area contributed by atoms with E-state index in [1.54, 1.807) is 18.0 Å². The number of benzene rings is 1. The molecule has 1 atom stereocenters. The Hall–Kier alpha value is -1.68. The van der Waals surface area contributed by atoms with Gasteiger partial charge in [-0.2, -0.15) is 0 Å². The molecule has 3 nitrogen and oxygen atoms in total. The first-order chi connectivity index (χ1) is 10.1. The van der Waals surface area contributed by atoms with E-state index in [0.29, 0.717) is 5.75 Å². The lowest BCUT2D eigenvalue weighted by Crippen LogP contribution is -2.28. The van der Waals surface area contributed by atoms with Crippen LogP contribution in [-0.2, 0) is 10.5 Å². The van der Waals surface area contributed by atoms with Crippen LogP contribution in [0.5, 0.6) is 0 Å². The SMILES string of the molecule is Cc1ccc(C(C)NC(=O)CSCc2ccco2)cc1C. The Balaban J connectivity index is 1.79. The van der Waals surface area contributed by atoms with Crippen LogP contribution in [0.1, 0.15) is 35.4 Å². The molecule has 0 spiro atoms. The average molecular weight is 303 g/mol. The summed E-state index contributed by atoms with van der Waals surface area (Å²) in [6.07, 6.45) is 1.65. The van der Waals surface area contributed by atoms with Gasteiger partial charge in [0.05, 0.1) is 23.8 Å². The molecule has 0 saturated carbocycles. The highest BCUT2D eigenvalue weighted by atomic mass is 32.2. The van der Waals surface area contributed by atoms with Crippen molar-refractivity contribution < 1.29 is 9.21 Å². The lowest BCUT2D eigenvalue weighted by Gasteiger charge is -2.15. The van der Waals surface area contributed by atoms with E-state index in [0.717, 1.165) is 17.1 Å². The molecule has 0 aliphatic heterocycles. The predicted molar refractivity (Wildman–Crippen MR) is 87.3 cm³/mol. The van der Waals surface area contributed by atoms with Gasteiger partial charge in [0, 0.05) is 0 Å². The first-order valence-electron chi connectivity index (χ1n) is 7.03. The van der Waals surface area contributed by atoms with Gasteiger partial charge in [0.15, 0.2) is 0 Å². The molecule has 21 heavy (non-hydrogen) atoms. The largest absolute Gasteiger partial charge is 0.468 e. The number of nitrogens with one attached hydrogen (secondary N) is 1. The molecule has 0 aliphatic carbocycles. The van der Waals surface area contributed by atoms with E-state index in [2.05, 4.69) is 37.4 Å². The van der Waals surface area contributed by atoms with Crippen LogP contribution >= 0.6 is 11.8 Å². The fraction of sp³-hybridized carbons (Fsp3) is 0.353. The van der Waals surface area contributed by atoms with Crippen LogP contribution in [0.2, 0.25) is 0 Å². The maximum atomic E-state index is 11.9. The average Bonchev–Trinajstić information content (AvgIpc) is 2.95. The summed E-state index contributed by atoms with van der Waals surface area (Å²) in [5.74, 6) is 2.11. The van der Waals surface area contributed by atoms with Gasteiger partial charge in [-0.25, -0.2) is 0 Å². The van der Waals surface area contributed by atoms with Crippen molar-refractivity contribution in [1.82, 2.24) is 5.32 Å². The molecule has 1 N–H and O–H groups in total. The molecule has 1 aromatic heterocycles. The van der Waals surface area contributed by atoms with Crippen LogP contribution in [0, 0.1) is 13.8 Å². The van der Waals surface area contributed by atoms with E-state index in [4.69, 9.17) is 4.42 Å². The number of hydrogen-bond acceptors (Lipinski definition) is 3. The van der Waals surface area contributed by atoms with Crippen LogP contribution in [0.4, 0.5) is 0 Å². The highest BCUT2D eigenvalue weighted by Crippen LogP contribution is 2.17. The molecular weight excluding hydrogens is 282 g/mol. The van der Waals surface area contributed by atoms with Crippen molar-refractivity contribution in [3.63, 3.8) is 0 Å². The molecule has 0 fully saturated rings. The summed E-state index contributed by atoms with van der Waals surface area (Å²) < 4.78 is 5.24. The summed E-state index contributed by atoms with van der Waals surface area (Å²) in [6.45, 7) is 6.19. The van der Waals surface area contributed by atoms with E-state index in [9.17, 15) is 4.79 Å². The number of amides is 1. The van der Waals surface area contributed by atoms with Gasteiger partial charge in [-0.05, 0) is 49.6 Å². The van der Waals surface area contributed by atoms with E-state index in [-0.39, 0.29) is 11.9 Å². The van der Waals surface area contributed by atoms with E-state index >= 15 is 0 Å². The van der Waals surface area contributed by atoms with Crippen LogP contribution in [0.25, 0.3) is 0 Å². The van der Waals surface area contributed by atoms with Crippen molar-refractivity contribution in [2.75, 3.05) is 5.75 Å². The zero-order valence-electron chi connectivity index (χ0n) is 12.7. The summed E-state index contributed by atoms with van der Waals surface area (Å²) >= 11 is 1.56. The third-order valence-corrected chi connectivity index (χ3v) is 4.42. The van der Waals surface area contributed by atoms with Crippen molar-refractivity contribution in [3.05, 3.63) is 59.0 Å². The number of aryl methyl sites for hydroxylation is 2. The summed E-state index contributed by atoms with van der Waals surface area (Å²) in [5, 5.41) is 3.03. The summed E-state index contributed by atoms with van der Waals surface area (Å²) in [6, 6.07) is 10.1. The zero-order valence-corrected chi connectivity index (χ0v) is 13.5. The molecule has 112 valence electrons. The topological polar surface area (TPSA) is 42.2 Å². The van der Waals surface area contributed by atoms with E-state index in [1.807, 2.05) is 19.1 Å². The Morgan fingerprint density at radius 2 is 2.10 bits per heavy atom. The summed E-state index contributed by atoms with van der Waals surface area (Å²) in [7, 11) is 0. The number of thioether (sulfide) groups is 1. The molecule has 2 rings (SSSR count). The first kappa shape index (κ1) is 15.7. The fourth-order valence-electron chi connectivity index (χ4n) is 2.04. The fourth-order valence-corrected chi connectivity index (χ4v) is 2.78. The number of rotatable bonds is 6. The second-order valence-corrected chi connectivity index (χ2v) is 6.19. The molecule has 0 saturated heterocycles. The van der Waals surface area contributed by atoms with Gasteiger partial charge in [0.2, 0.25) is 5.91 Å². The monoisotopic (exact) mass is 303 g/mol. The second kappa shape index (κ2) is 7.36. The number of carbonyl (C=O) groups is 1. The first-order valence-corrected chi connectivity index (χ1v) is 8.18.